The van der Waals surface area contributed by atoms with Gasteiger partial charge in [-0.15, -0.1) is 0 Å². The number of carbonyl (C=O) groups is 2. The van der Waals surface area contributed by atoms with Crippen molar-refractivity contribution in [3.8, 4) is 5.75 Å². The third-order valence-electron chi connectivity index (χ3n) is 4.88. The first-order valence-electron chi connectivity index (χ1n) is 9.29. The molecule has 0 N–H and O–H groups in total. The first-order chi connectivity index (χ1) is 12.9. The highest BCUT2D eigenvalue weighted by molar-refractivity contribution is 5.96. The summed E-state index contributed by atoms with van der Waals surface area (Å²) in [7, 11) is 0. The lowest BCUT2D eigenvalue weighted by molar-refractivity contribution is -0.131. The lowest BCUT2D eigenvalue weighted by Gasteiger charge is -2.34. The quantitative estimate of drug-likeness (QED) is 0.780. The molecule has 0 radical (unpaired) electrons. The molecule has 3 rings (SSSR count). The van der Waals surface area contributed by atoms with Gasteiger partial charge in [0.2, 0.25) is 5.91 Å². The van der Waals surface area contributed by atoms with Crippen LogP contribution in [0.3, 0.4) is 0 Å². The van der Waals surface area contributed by atoms with Crippen molar-refractivity contribution < 1.29 is 14.3 Å². The van der Waals surface area contributed by atoms with E-state index in [0.29, 0.717) is 32.7 Å². The number of benzene rings is 2. The molecule has 1 aliphatic heterocycles. The topological polar surface area (TPSA) is 49.9 Å². The molecule has 5 heteroatoms. The molecule has 0 atom stereocenters. The Balaban J connectivity index is 1.61. The summed E-state index contributed by atoms with van der Waals surface area (Å²) in [4.78, 5) is 28.2. The minimum absolute atomic E-state index is 0.114. The van der Waals surface area contributed by atoms with Gasteiger partial charge < -0.3 is 9.64 Å². The first-order valence-corrected chi connectivity index (χ1v) is 9.29. The van der Waals surface area contributed by atoms with Crippen LogP contribution in [0.4, 0.5) is 4.79 Å². The summed E-state index contributed by atoms with van der Waals surface area (Å²) in [5, 5.41) is 0. The summed E-state index contributed by atoms with van der Waals surface area (Å²) in [5.74, 6) is 0.671. The van der Waals surface area contributed by atoms with Gasteiger partial charge in [0.15, 0.2) is 0 Å². The van der Waals surface area contributed by atoms with Gasteiger partial charge in [0.25, 0.3) is 0 Å². The van der Waals surface area contributed by atoms with E-state index in [0.717, 1.165) is 22.4 Å². The van der Waals surface area contributed by atoms with Crippen LogP contribution in [0.2, 0.25) is 0 Å². The van der Waals surface area contributed by atoms with Crippen LogP contribution < -0.4 is 4.74 Å². The zero-order valence-corrected chi connectivity index (χ0v) is 16.2. The molecule has 0 bridgehead atoms. The molecule has 5 nitrogen and oxygen atoms in total. The van der Waals surface area contributed by atoms with Crippen LogP contribution in [0, 0.1) is 20.8 Å². The summed E-state index contributed by atoms with van der Waals surface area (Å²) in [6.07, 6.45) is 0.348. The third kappa shape index (κ3) is 4.67. The average molecular weight is 366 g/mol. The Labute approximate surface area is 160 Å². The Kier molecular flexibility index (Phi) is 5.79. The number of aryl methyl sites for hydroxylation is 3. The smallest absolute Gasteiger partial charge is 0.327 e. The minimum Gasteiger partial charge on any atom is -0.492 e. The predicted molar refractivity (Wildman–Crippen MR) is 105 cm³/mol. The van der Waals surface area contributed by atoms with Gasteiger partial charge in [-0.05, 0) is 44.0 Å². The number of carbonyl (C=O) groups excluding carboxylic acids is 2. The molecule has 1 heterocycles. The van der Waals surface area contributed by atoms with Crippen LogP contribution in [0.1, 0.15) is 28.7 Å². The van der Waals surface area contributed by atoms with E-state index in [9.17, 15) is 9.59 Å². The van der Waals surface area contributed by atoms with Crippen molar-refractivity contribution in [3.63, 3.8) is 0 Å². The lowest BCUT2D eigenvalue weighted by Crippen LogP contribution is -2.52. The number of imide groups is 1. The lowest BCUT2D eigenvalue weighted by atomic mass is 10.0. The molecule has 3 amide bonds. The molecule has 0 aliphatic carbocycles. The van der Waals surface area contributed by atoms with Gasteiger partial charge in [0.05, 0.1) is 13.1 Å². The number of hydrogen-bond acceptors (Lipinski definition) is 3. The number of rotatable bonds is 6. The van der Waals surface area contributed by atoms with Gasteiger partial charge >= 0.3 is 6.03 Å². The predicted octanol–water partition coefficient (Wildman–Crippen LogP) is 3.85. The van der Waals surface area contributed by atoms with E-state index in [4.69, 9.17) is 4.74 Å². The summed E-state index contributed by atoms with van der Waals surface area (Å²) in [6.45, 7) is 7.67. The molecule has 0 saturated carbocycles. The summed E-state index contributed by atoms with van der Waals surface area (Å²) >= 11 is 0. The maximum atomic E-state index is 12.8. The number of ether oxygens (including phenoxy) is 1. The van der Waals surface area contributed by atoms with Crippen LogP contribution in [-0.4, -0.2) is 41.4 Å². The van der Waals surface area contributed by atoms with Crippen molar-refractivity contribution in [1.29, 1.82) is 0 Å². The molecule has 1 aliphatic rings. The van der Waals surface area contributed by atoms with E-state index >= 15 is 0 Å². The molecule has 1 saturated heterocycles. The van der Waals surface area contributed by atoms with Crippen molar-refractivity contribution in [2.24, 2.45) is 0 Å². The fraction of sp³-hybridized carbons (Fsp3) is 0.364. The standard InChI is InChI=1S/C22H26N2O3/c1-16-5-8-20(9-6-16)27-13-12-23-11-10-21(25)24(22(23)26)15-19-14-17(2)4-7-18(19)3/h4-9,14H,10-13,15H2,1-3H3. The van der Waals surface area contributed by atoms with Gasteiger partial charge in [-0.2, -0.15) is 0 Å². The Morgan fingerprint density at radius 2 is 1.67 bits per heavy atom. The second-order valence-corrected chi connectivity index (χ2v) is 7.09. The molecule has 27 heavy (non-hydrogen) atoms. The van der Waals surface area contributed by atoms with Crippen LogP contribution in [0.15, 0.2) is 42.5 Å². The molecular formula is C22H26N2O3. The van der Waals surface area contributed by atoms with Gasteiger partial charge in [-0.25, -0.2) is 4.79 Å². The largest absolute Gasteiger partial charge is 0.492 e. The highest BCUT2D eigenvalue weighted by Crippen LogP contribution is 2.18. The summed E-state index contributed by atoms with van der Waals surface area (Å²) < 4.78 is 5.73. The molecule has 2 aromatic rings. The van der Waals surface area contributed by atoms with Crippen LogP contribution in [-0.2, 0) is 11.3 Å². The van der Waals surface area contributed by atoms with E-state index in [-0.39, 0.29) is 11.9 Å². The van der Waals surface area contributed by atoms with Gasteiger partial charge in [0.1, 0.15) is 12.4 Å². The molecule has 142 valence electrons. The molecule has 1 fully saturated rings. The van der Waals surface area contributed by atoms with Crippen molar-refractivity contribution in [3.05, 3.63) is 64.7 Å². The van der Waals surface area contributed by atoms with Gasteiger partial charge in [-0.1, -0.05) is 41.5 Å². The maximum Gasteiger partial charge on any atom is 0.327 e. The van der Waals surface area contributed by atoms with E-state index in [1.54, 1.807) is 4.90 Å². The van der Waals surface area contributed by atoms with E-state index in [1.165, 1.54) is 10.5 Å². The maximum absolute atomic E-state index is 12.8. The van der Waals surface area contributed by atoms with Gasteiger partial charge in [0, 0.05) is 13.0 Å². The van der Waals surface area contributed by atoms with Crippen LogP contribution in [0.5, 0.6) is 5.75 Å². The summed E-state index contributed by atoms with van der Waals surface area (Å²) in [6, 6.07) is 13.7. The van der Waals surface area contributed by atoms with E-state index in [1.807, 2.05) is 63.2 Å². The SMILES string of the molecule is Cc1ccc(OCCN2CCC(=O)N(Cc3cc(C)ccc3C)C2=O)cc1. The highest BCUT2D eigenvalue weighted by atomic mass is 16.5. The van der Waals surface area contributed by atoms with Gasteiger partial charge in [-0.3, -0.25) is 9.69 Å². The van der Waals surface area contributed by atoms with Crippen LogP contribution >= 0.6 is 0 Å². The fourth-order valence-corrected chi connectivity index (χ4v) is 3.15. The van der Waals surface area contributed by atoms with Crippen molar-refractivity contribution in [1.82, 2.24) is 9.80 Å². The van der Waals surface area contributed by atoms with Crippen molar-refractivity contribution >= 4 is 11.9 Å². The summed E-state index contributed by atoms with van der Waals surface area (Å²) in [5.41, 5.74) is 4.39. The third-order valence-corrected chi connectivity index (χ3v) is 4.88. The molecular weight excluding hydrogens is 340 g/mol. The second kappa shape index (κ2) is 8.25. The molecule has 0 unspecified atom stereocenters. The van der Waals surface area contributed by atoms with E-state index < -0.39 is 0 Å². The number of urea groups is 1. The van der Waals surface area contributed by atoms with E-state index in [2.05, 4.69) is 0 Å². The molecule has 0 spiro atoms. The van der Waals surface area contributed by atoms with Crippen LogP contribution in [0.25, 0.3) is 0 Å². The molecule has 0 aromatic heterocycles. The zero-order chi connectivity index (χ0) is 19.4. The number of amides is 3. The fourth-order valence-electron chi connectivity index (χ4n) is 3.15. The monoisotopic (exact) mass is 366 g/mol. The highest BCUT2D eigenvalue weighted by Gasteiger charge is 2.32. The Bertz CT molecular complexity index is 830. The average Bonchev–Trinajstić information content (AvgIpc) is 2.65. The van der Waals surface area contributed by atoms with Crippen molar-refractivity contribution in [2.45, 2.75) is 33.7 Å². The number of hydrogen-bond donors (Lipinski definition) is 0. The zero-order valence-electron chi connectivity index (χ0n) is 16.2. The number of nitrogens with zero attached hydrogens (tertiary/aromatic N) is 2. The normalized spacial score (nSPS) is 14.6. The Morgan fingerprint density at radius 3 is 2.41 bits per heavy atom. The molecule has 2 aromatic carbocycles. The Morgan fingerprint density at radius 1 is 0.963 bits per heavy atom. The Hall–Kier alpha value is -2.82. The van der Waals surface area contributed by atoms with Crippen molar-refractivity contribution in [2.75, 3.05) is 19.7 Å². The second-order valence-electron chi connectivity index (χ2n) is 7.09. The minimum atomic E-state index is -0.236. The first kappa shape index (κ1) is 19.0.